The van der Waals surface area contributed by atoms with Crippen LogP contribution in [0.2, 0.25) is 5.02 Å². The molecular formula is C9H5Br2ClN4O2S. The van der Waals surface area contributed by atoms with Crippen LogP contribution in [0.4, 0.5) is 0 Å². The molecule has 0 fully saturated rings. The fourth-order valence-corrected chi connectivity index (χ4v) is 3.87. The second kappa shape index (κ2) is 6.21. The normalized spacial score (nSPS) is 10.7. The maximum absolute atomic E-state index is 10.6. The summed E-state index contributed by atoms with van der Waals surface area (Å²) >= 11 is 13.7. The van der Waals surface area contributed by atoms with Gasteiger partial charge in [-0.1, -0.05) is 23.4 Å². The van der Waals surface area contributed by atoms with Crippen molar-refractivity contribution in [1.82, 2.24) is 20.2 Å². The molecule has 1 aromatic carbocycles. The first-order valence-corrected chi connectivity index (χ1v) is 7.72. The first-order valence-electron chi connectivity index (χ1n) is 4.77. The van der Waals surface area contributed by atoms with Gasteiger partial charge in [-0.2, -0.15) is 4.68 Å². The molecule has 0 unspecified atom stereocenters. The molecule has 100 valence electrons. The lowest BCUT2D eigenvalue weighted by atomic mass is 10.3. The average molecular weight is 428 g/mol. The van der Waals surface area contributed by atoms with Crippen LogP contribution >= 0.6 is 55.2 Å². The summed E-state index contributed by atoms with van der Waals surface area (Å²) in [6, 6.07) is 3.41. The molecule has 0 bridgehead atoms. The number of thioether (sulfide) groups is 1. The fourth-order valence-electron chi connectivity index (χ4n) is 1.27. The Morgan fingerprint density at radius 1 is 1.42 bits per heavy atom. The molecule has 0 radical (unpaired) electrons. The molecule has 0 saturated carbocycles. The third-order valence-corrected chi connectivity index (χ3v) is 4.29. The smallest absolute Gasteiger partial charge is 0.313 e. The molecule has 0 saturated heterocycles. The van der Waals surface area contributed by atoms with Crippen molar-refractivity contribution < 1.29 is 9.90 Å². The number of hydrogen-bond donors (Lipinski definition) is 1. The van der Waals surface area contributed by atoms with Gasteiger partial charge in [0.2, 0.25) is 5.16 Å². The molecular weight excluding hydrogens is 423 g/mol. The van der Waals surface area contributed by atoms with Gasteiger partial charge >= 0.3 is 5.97 Å². The number of carbonyl (C=O) groups is 1. The lowest BCUT2D eigenvalue weighted by Gasteiger charge is -2.08. The van der Waals surface area contributed by atoms with Gasteiger partial charge in [-0.05, 0) is 54.4 Å². The molecule has 1 heterocycles. The minimum Gasteiger partial charge on any atom is -0.481 e. The van der Waals surface area contributed by atoms with Crippen LogP contribution in [0.1, 0.15) is 0 Å². The summed E-state index contributed by atoms with van der Waals surface area (Å²) in [5.74, 6) is -1.06. The second-order valence-corrected chi connectivity index (χ2v) is 6.36. The van der Waals surface area contributed by atoms with E-state index < -0.39 is 5.97 Å². The van der Waals surface area contributed by atoms with Crippen LogP contribution in [0.5, 0.6) is 0 Å². The largest absolute Gasteiger partial charge is 0.481 e. The second-order valence-electron chi connectivity index (χ2n) is 3.27. The Labute approximate surface area is 133 Å². The molecule has 0 atom stereocenters. The number of tetrazole rings is 1. The van der Waals surface area contributed by atoms with E-state index in [1.54, 1.807) is 12.1 Å². The van der Waals surface area contributed by atoms with E-state index in [4.69, 9.17) is 16.7 Å². The Bertz CT molecular complexity index is 613. The Morgan fingerprint density at radius 2 is 2.05 bits per heavy atom. The highest BCUT2D eigenvalue weighted by molar-refractivity contribution is 9.11. The molecule has 10 heteroatoms. The molecule has 2 aromatic rings. The van der Waals surface area contributed by atoms with Crippen molar-refractivity contribution in [2.24, 2.45) is 0 Å². The van der Waals surface area contributed by atoms with Crippen LogP contribution < -0.4 is 0 Å². The number of nitrogens with zero attached hydrogens (tertiary/aromatic N) is 4. The number of benzene rings is 1. The van der Waals surface area contributed by atoms with Crippen molar-refractivity contribution in [3.05, 3.63) is 26.1 Å². The maximum Gasteiger partial charge on any atom is 0.313 e. The van der Waals surface area contributed by atoms with Gasteiger partial charge in [-0.25, -0.2) is 0 Å². The van der Waals surface area contributed by atoms with E-state index in [0.29, 0.717) is 24.8 Å². The van der Waals surface area contributed by atoms with Gasteiger partial charge in [0.15, 0.2) is 0 Å². The number of aliphatic carboxylic acids is 1. The number of halogens is 3. The topological polar surface area (TPSA) is 80.9 Å². The standard InChI is InChI=1S/C9H5Br2ClN4O2S/c10-5-1-4(12)2-6(11)8(5)16-9(13-14-15-16)19-3-7(17)18/h1-2H,3H2,(H,17,18). The highest BCUT2D eigenvalue weighted by Crippen LogP contribution is 2.33. The molecule has 6 nitrogen and oxygen atoms in total. The molecule has 2 rings (SSSR count). The van der Waals surface area contributed by atoms with E-state index in [-0.39, 0.29) is 5.75 Å². The number of carboxylic acids is 1. The van der Waals surface area contributed by atoms with E-state index in [2.05, 4.69) is 47.4 Å². The Morgan fingerprint density at radius 3 is 2.63 bits per heavy atom. The lowest BCUT2D eigenvalue weighted by molar-refractivity contribution is -0.133. The summed E-state index contributed by atoms with van der Waals surface area (Å²) in [6.45, 7) is 0. The summed E-state index contributed by atoms with van der Waals surface area (Å²) < 4.78 is 2.82. The van der Waals surface area contributed by atoms with Gasteiger partial charge in [0.05, 0.1) is 11.4 Å². The zero-order valence-electron chi connectivity index (χ0n) is 9.05. The molecule has 0 amide bonds. The van der Waals surface area contributed by atoms with Crippen LogP contribution in [0.25, 0.3) is 5.69 Å². The van der Waals surface area contributed by atoms with Gasteiger partial charge in [-0.15, -0.1) is 5.10 Å². The first kappa shape index (κ1) is 14.8. The zero-order valence-corrected chi connectivity index (χ0v) is 13.8. The zero-order chi connectivity index (χ0) is 14.0. The predicted octanol–water partition coefficient (Wildman–Crippen LogP) is 3.02. The van der Waals surface area contributed by atoms with E-state index >= 15 is 0 Å². The van der Waals surface area contributed by atoms with Gasteiger partial charge in [0.1, 0.15) is 0 Å². The van der Waals surface area contributed by atoms with Crippen LogP contribution in [0.3, 0.4) is 0 Å². The van der Waals surface area contributed by atoms with Gasteiger partial charge in [-0.3, -0.25) is 4.79 Å². The SMILES string of the molecule is O=C(O)CSc1nnnn1-c1c(Br)cc(Cl)cc1Br. The third-order valence-electron chi connectivity index (χ3n) is 1.96. The Hall–Kier alpha value is -0.640. The van der Waals surface area contributed by atoms with Crippen molar-refractivity contribution in [3.63, 3.8) is 0 Å². The highest BCUT2D eigenvalue weighted by Gasteiger charge is 2.16. The summed E-state index contributed by atoms with van der Waals surface area (Å²) in [5.41, 5.74) is 0.655. The minimum absolute atomic E-state index is 0.122. The number of hydrogen-bond acceptors (Lipinski definition) is 5. The monoisotopic (exact) mass is 426 g/mol. The molecule has 0 aliphatic carbocycles. The van der Waals surface area contributed by atoms with E-state index in [1.165, 1.54) is 4.68 Å². The Kier molecular flexibility index (Phi) is 4.82. The summed E-state index contributed by atoms with van der Waals surface area (Å²) in [7, 11) is 0. The predicted molar refractivity (Wildman–Crippen MR) is 77.9 cm³/mol. The molecule has 1 aromatic heterocycles. The highest BCUT2D eigenvalue weighted by atomic mass is 79.9. The van der Waals surface area contributed by atoms with Crippen LogP contribution in [0, 0.1) is 0 Å². The van der Waals surface area contributed by atoms with Crippen LogP contribution in [-0.4, -0.2) is 37.0 Å². The molecule has 0 aliphatic rings. The van der Waals surface area contributed by atoms with Crippen LogP contribution in [0.15, 0.2) is 26.2 Å². The first-order chi connectivity index (χ1) is 8.99. The molecule has 0 spiro atoms. The molecule has 19 heavy (non-hydrogen) atoms. The van der Waals surface area contributed by atoms with Crippen LogP contribution in [-0.2, 0) is 4.79 Å². The Balaban J connectivity index is 2.43. The summed E-state index contributed by atoms with van der Waals surface area (Å²) in [6.07, 6.45) is 0. The maximum atomic E-state index is 10.6. The molecule has 1 N–H and O–H groups in total. The van der Waals surface area contributed by atoms with Crippen molar-refractivity contribution in [3.8, 4) is 5.69 Å². The number of aromatic nitrogens is 4. The third kappa shape index (κ3) is 3.47. The summed E-state index contributed by atoms with van der Waals surface area (Å²) in [5, 5.41) is 20.8. The van der Waals surface area contributed by atoms with E-state index in [9.17, 15) is 4.79 Å². The van der Waals surface area contributed by atoms with Crippen molar-refractivity contribution >= 4 is 61.2 Å². The molecule has 0 aliphatic heterocycles. The van der Waals surface area contributed by atoms with Gasteiger partial charge in [0, 0.05) is 14.0 Å². The number of carboxylic acid groups (broad SMARTS) is 1. The van der Waals surface area contributed by atoms with E-state index in [0.717, 1.165) is 11.8 Å². The quantitative estimate of drug-likeness (QED) is 0.754. The van der Waals surface area contributed by atoms with Crippen molar-refractivity contribution in [1.29, 1.82) is 0 Å². The van der Waals surface area contributed by atoms with Gasteiger partial charge in [0.25, 0.3) is 0 Å². The average Bonchev–Trinajstić information content (AvgIpc) is 2.73. The number of rotatable bonds is 4. The fraction of sp³-hybridized carbons (Fsp3) is 0.111. The summed E-state index contributed by atoms with van der Waals surface area (Å²) in [4.78, 5) is 10.6. The van der Waals surface area contributed by atoms with E-state index in [1.807, 2.05) is 0 Å². The minimum atomic E-state index is -0.936. The lowest BCUT2D eigenvalue weighted by Crippen LogP contribution is -2.04. The van der Waals surface area contributed by atoms with Crippen molar-refractivity contribution in [2.45, 2.75) is 5.16 Å². The van der Waals surface area contributed by atoms with Crippen molar-refractivity contribution in [2.75, 3.05) is 5.75 Å². The van der Waals surface area contributed by atoms with Gasteiger partial charge < -0.3 is 5.11 Å².